The molecule has 1 unspecified atom stereocenters. The minimum Gasteiger partial charge on any atom is -0.481 e. The first-order chi connectivity index (χ1) is 9.91. The van der Waals surface area contributed by atoms with Gasteiger partial charge in [0, 0.05) is 19.6 Å². The van der Waals surface area contributed by atoms with E-state index in [1.807, 2.05) is 13.8 Å². The molecule has 1 saturated heterocycles. The van der Waals surface area contributed by atoms with Gasteiger partial charge in [0.05, 0.1) is 18.6 Å². The number of ether oxygens (including phenoxy) is 1. The molecule has 21 heavy (non-hydrogen) atoms. The van der Waals surface area contributed by atoms with E-state index in [0.29, 0.717) is 39.1 Å². The average Bonchev–Trinajstić information content (AvgIpc) is 2.46. The predicted octanol–water partition coefficient (Wildman–Crippen LogP) is 1.87. The number of rotatable bonds is 7. The van der Waals surface area contributed by atoms with E-state index >= 15 is 0 Å². The number of hydrogen-bond donors (Lipinski definition) is 2. The van der Waals surface area contributed by atoms with Gasteiger partial charge in [0.15, 0.2) is 0 Å². The molecule has 1 fully saturated rings. The van der Waals surface area contributed by atoms with Gasteiger partial charge in [-0.3, -0.25) is 4.79 Å². The van der Waals surface area contributed by atoms with Gasteiger partial charge in [-0.25, -0.2) is 4.79 Å². The van der Waals surface area contributed by atoms with Crippen molar-refractivity contribution in [3.63, 3.8) is 0 Å². The van der Waals surface area contributed by atoms with Gasteiger partial charge < -0.3 is 20.1 Å². The fourth-order valence-corrected chi connectivity index (χ4v) is 2.51. The van der Waals surface area contributed by atoms with Crippen LogP contribution in [0, 0.1) is 5.41 Å². The molecule has 120 valence electrons. The zero-order chi connectivity index (χ0) is 15.9. The van der Waals surface area contributed by atoms with Gasteiger partial charge in [-0.1, -0.05) is 19.1 Å². The smallest absolute Gasteiger partial charge is 0.317 e. The molecule has 2 amide bonds. The van der Waals surface area contributed by atoms with Crippen LogP contribution in [-0.2, 0) is 9.53 Å². The highest BCUT2D eigenvalue weighted by Crippen LogP contribution is 2.33. The molecule has 0 aromatic heterocycles. The molecule has 0 aromatic rings. The Morgan fingerprint density at radius 3 is 2.76 bits per heavy atom. The molecule has 2 N–H and O–H groups in total. The highest BCUT2D eigenvalue weighted by molar-refractivity contribution is 5.78. The predicted molar refractivity (Wildman–Crippen MR) is 80.2 cm³/mol. The topological polar surface area (TPSA) is 78.9 Å². The number of carbonyl (C=O) groups excluding carboxylic acids is 1. The van der Waals surface area contributed by atoms with Crippen molar-refractivity contribution in [1.82, 2.24) is 10.2 Å². The standard InChI is InChI=1S/C15H26N2O4/c1-4-15(13(18)19)6-5-8-17(11-15)14(20)16-7-9-21-10-12(2)3/h2,4-11H2,1,3H3,(H,16,20)(H,18,19). The molecule has 0 spiro atoms. The minimum atomic E-state index is -0.813. The summed E-state index contributed by atoms with van der Waals surface area (Å²) in [5.74, 6) is -0.813. The van der Waals surface area contributed by atoms with Crippen molar-refractivity contribution >= 4 is 12.0 Å². The Labute approximate surface area is 126 Å². The summed E-state index contributed by atoms with van der Waals surface area (Å²) in [6.45, 7) is 9.66. The van der Waals surface area contributed by atoms with Crippen LogP contribution in [0.3, 0.4) is 0 Å². The van der Waals surface area contributed by atoms with Crippen LogP contribution in [0.1, 0.15) is 33.1 Å². The lowest BCUT2D eigenvalue weighted by Gasteiger charge is -2.39. The lowest BCUT2D eigenvalue weighted by molar-refractivity contribution is -0.152. The zero-order valence-corrected chi connectivity index (χ0v) is 13.0. The van der Waals surface area contributed by atoms with Crippen molar-refractivity contribution in [3.05, 3.63) is 12.2 Å². The first kappa shape index (κ1) is 17.5. The Hall–Kier alpha value is -1.56. The summed E-state index contributed by atoms with van der Waals surface area (Å²) in [7, 11) is 0. The maximum atomic E-state index is 12.1. The average molecular weight is 298 g/mol. The van der Waals surface area contributed by atoms with Gasteiger partial charge in [-0.05, 0) is 26.2 Å². The maximum Gasteiger partial charge on any atom is 0.317 e. The van der Waals surface area contributed by atoms with Gasteiger partial charge in [0.1, 0.15) is 0 Å². The molecule has 1 atom stereocenters. The molecule has 1 aliphatic rings. The number of piperidine rings is 1. The molecule has 0 bridgehead atoms. The second-order valence-corrected chi connectivity index (χ2v) is 5.71. The molecule has 6 heteroatoms. The number of hydrogen-bond acceptors (Lipinski definition) is 3. The third kappa shape index (κ3) is 5.04. The molecule has 0 saturated carbocycles. The molecule has 1 rings (SSSR count). The SMILES string of the molecule is C=C(C)COCCNC(=O)N1CCCC(CC)(C(=O)O)C1. The van der Waals surface area contributed by atoms with Crippen LogP contribution in [0.4, 0.5) is 4.79 Å². The van der Waals surface area contributed by atoms with Crippen LogP contribution in [0.2, 0.25) is 0 Å². The number of nitrogens with zero attached hydrogens (tertiary/aromatic N) is 1. The third-order valence-corrected chi connectivity index (χ3v) is 3.87. The Morgan fingerprint density at radius 2 is 2.19 bits per heavy atom. The van der Waals surface area contributed by atoms with Crippen molar-refractivity contribution in [1.29, 1.82) is 0 Å². The summed E-state index contributed by atoms with van der Waals surface area (Å²) in [6, 6.07) is -0.215. The van der Waals surface area contributed by atoms with Gasteiger partial charge in [-0.2, -0.15) is 0 Å². The van der Waals surface area contributed by atoms with Crippen molar-refractivity contribution < 1.29 is 19.4 Å². The minimum absolute atomic E-state index is 0.215. The Balaban J connectivity index is 2.40. The number of carbonyl (C=O) groups is 2. The van der Waals surface area contributed by atoms with Gasteiger partial charge >= 0.3 is 12.0 Å². The number of carboxylic acids is 1. The first-order valence-corrected chi connectivity index (χ1v) is 7.39. The molecule has 0 aromatic carbocycles. The van der Waals surface area contributed by atoms with E-state index in [2.05, 4.69) is 11.9 Å². The number of aliphatic carboxylic acids is 1. The van der Waals surface area contributed by atoms with E-state index in [-0.39, 0.29) is 12.6 Å². The van der Waals surface area contributed by atoms with Crippen molar-refractivity contribution in [3.8, 4) is 0 Å². The van der Waals surface area contributed by atoms with E-state index < -0.39 is 11.4 Å². The normalized spacial score (nSPS) is 21.9. The number of nitrogens with one attached hydrogen (secondary N) is 1. The Morgan fingerprint density at radius 1 is 1.48 bits per heavy atom. The number of amides is 2. The molecule has 0 radical (unpaired) electrons. The number of likely N-dealkylation sites (tertiary alicyclic amines) is 1. The summed E-state index contributed by atoms with van der Waals surface area (Å²) < 4.78 is 5.31. The van der Waals surface area contributed by atoms with Crippen molar-refractivity contribution in [2.75, 3.05) is 32.8 Å². The second kappa shape index (κ2) is 8.02. The highest BCUT2D eigenvalue weighted by Gasteiger charge is 2.42. The van der Waals surface area contributed by atoms with Crippen LogP contribution >= 0.6 is 0 Å². The third-order valence-electron chi connectivity index (χ3n) is 3.87. The Bertz CT molecular complexity index is 397. The first-order valence-electron chi connectivity index (χ1n) is 7.39. The highest BCUT2D eigenvalue weighted by atomic mass is 16.5. The quantitative estimate of drug-likeness (QED) is 0.555. The van der Waals surface area contributed by atoms with E-state index in [4.69, 9.17) is 4.74 Å². The molecular weight excluding hydrogens is 272 g/mol. The van der Waals surface area contributed by atoms with Crippen LogP contribution in [-0.4, -0.2) is 54.9 Å². The van der Waals surface area contributed by atoms with Crippen molar-refractivity contribution in [2.45, 2.75) is 33.1 Å². The summed E-state index contributed by atoms with van der Waals surface area (Å²) in [6.07, 6.45) is 1.89. The molecule has 6 nitrogen and oxygen atoms in total. The van der Waals surface area contributed by atoms with E-state index in [1.54, 1.807) is 4.90 Å². The lowest BCUT2D eigenvalue weighted by Crippen LogP contribution is -2.52. The zero-order valence-electron chi connectivity index (χ0n) is 13.0. The van der Waals surface area contributed by atoms with E-state index in [9.17, 15) is 14.7 Å². The van der Waals surface area contributed by atoms with Crippen LogP contribution in [0.15, 0.2) is 12.2 Å². The van der Waals surface area contributed by atoms with Gasteiger partial charge in [0.2, 0.25) is 0 Å². The fourth-order valence-electron chi connectivity index (χ4n) is 2.51. The number of carboxylic acid groups (broad SMARTS) is 1. The molecule has 1 heterocycles. The molecule has 1 aliphatic heterocycles. The Kier molecular flexibility index (Phi) is 6.68. The van der Waals surface area contributed by atoms with Crippen molar-refractivity contribution in [2.24, 2.45) is 5.41 Å². The summed E-state index contributed by atoms with van der Waals surface area (Å²) >= 11 is 0. The largest absolute Gasteiger partial charge is 0.481 e. The van der Waals surface area contributed by atoms with Crippen LogP contribution in [0.25, 0.3) is 0 Å². The molecule has 0 aliphatic carbocycles. The summed E-state index contributed by atoms with van der Waals surface area (Å²) in [4.78, 5) is 25.1. The van der Waals surface area contributed by atoms with Gasteiger partial charge in [0.25, 0.3) is 0 Å². The van der Waals surface area contributed by atoms with E-state index in [0.717, 1.165) is 12.0 Å². The molecular formula is C15H26N2O4. The van der Waals surface area contributed by atoms with Crippen LogP contribution in [0.5, 0.6) is 0 Å². The summed E-state index contributed by atoms with van der Waals surface area (Å²) in [5.41, 5.74) is 0.137. The maximum absolute atomic E-state index is 12.1. The fraction of sp³-hybridized carbons (Fsp3) is 0.733. The van der Waals surface area contributed by atoms with Gasteiger partial charge in [-0.15, -0.1) is 0 Å². The van der Waals surface area contributed by atoms with Crippen LogP contribution < -0.4 is 5.32 Å². The summed E-state index contributed by atoms with van der Waals surface area (Å²) in [5, 5.41) is 12.2. The second-order valence-electron chi connectivity index (χ2n) is 5.71. The monoisotopic (exact) mass is 298 g/mol. The lowest BCUT2D eigenvalue weighted by atomic mass is 9.78. The van der Waals surface area contributed by atoms with E-state index in [1.165, 1.54) is 0 Å². The number of urea groups is 1.